The monoisotopic (exact) mass is 489 g/mol. The third-order valence-corrected chi connectivity index (χ3v) is 9.37. The topological polar surface area (TPSA) is 63.1 Å². The third kappa shape index (κ3) is 4.38. The number of fused-ring (bicyclic) bond motifs is 1. The van der Waals surface area contributed by atoms with E-state index in [0.29, 0.717) is 11.4 Å². The van der Waals surface area contributed by atoms with Crippen LogP contribution in [0.15, 0.2) is 46.2 Å². The van der Waals surface area contributed by atoms with E-state index in [1.54, 1.807) is 6.07 Å². The van der Waals surface area contributed by atoms with Gasteiger partial charge < -0.3 is 5.32 Å². The number of anilines is 2. The molecule has 3 aliphatic rings. The van der Waals surface area contributed by atoms with Crippen LogP contribution in [0.1, 0.15) is 64.0 Å². The van der Waals surface area contributed by atoms with E-state index in [1.165, 1.54) is 49.2 Å². The molecule has 0 radical (unpaired) electrons. The summed E-state index contributed by atoms with van der Waals surface area (Å²) in [6.07, 6.45) is 9.06. The van der Waals surface area contributed by atoms with E-state index in [0.717, 1.165) is 41.4 Å². The zero-order chi connectivity index (χ0) is 24.2. The Morgan fingerprint density at radius 3 is 2.60 bits per heavy atom. The average Bonchev–Trinajstić information content (AvgIpc) is 3.30. The zero-order valence-corrected chi connectivity index (χ0v) is 21.8. The van der Waals surface area contributed by atoms with Crippen LogP contribution in [-0.2, 0) is 0 Å². The molecule has 184 valence electrons. The minimum Gasteiger partial charge on any atom is -0.324 e. The number of nitrogens with one attached hydrogen (secondary N) is 1. The summed E-state index contributed by atoms with van der Waals surface area (Å²) in [5, 5.41) is 4.30. The molecular weight excluding hydrogens is 454 g/mol. The molecule has 1 aromatic carbocycles. The fraction of sp³-hybridized carbons (Fsp3) is 0.536. The maximum Gasteiger partial charge on any atom is 0.252 e. The summed E-state index contributed by atoms with van der Waals surface area (Å²) in [6, 6.07) is 10.3. The summed E-state index contributed by atoms with van der Waals surface area (Å²) in [6.45, 7) is 9.27. The molecule has 0 amide bonds. The van der Waals surface area contributed by atoms with Gasteiger partial charge in [-0.2, -0.15) is 4.98 Å². The van der Waals surface area contributed by atoms with Gasteiger partial charge in [-0.3, -0.25) is 9.36 Å². The van der Waals surface area contributed by atoms with Gasteiger partial charge >= 0.3 is 0 Å². The lowest BCUT2D eigenvalue weighted by atomic mass is 9.56. The van der Waals surface area contributed by atoms with Crippen molar-refractivity contribution in [1.82, 2.24) is 18.8 Å². The van der Waals surface area contributed by atoms with Gasteiger partial charge in [-0.15, -0.1) is 0 Å². The normalized spacial score (nSPS) is 20.5. The molecule has 0 bridgehead atoms. The van der Waals surface area contributed by atoms with Gasteiger partial charge in [0.25, 0.3) is 5.56 Å². The molecule has 3 fully saturated rings. The van der Waals surface area contributed by atoms with Gasteiger partial charge in [0.15, 0.2) is 0 Å². The van der Waals surface area contributed by atoms with Crippen molar-refractivity contribution in [2.24, 2.45) is 17.3 Å². The van der Waals surface area contributed by atoms with E-state index < -0.39 is 0 Å². The Morgan fingerprint density at radius 1 is 1.11 bits per heavy atom. The highest BCUT2D eigenvalue weighted by molar-refractivity contribution is 7.97. The highest BCUT2D eigenvalue weighted by Crippen LogP contribution is 2.56. The molecule has 2 aliphatic carbocycles. The molecule has 0 atom stereocenters. The van der Waals surface area contributed by atoms with Crippen LogP contribution in [0.4, 0.5) is 11.6 Å². The fourth-order valence-electron chi connectivity index (χ4n) is 6.27. The first kappa shape index (κ1) is 23.0. The zero-order valence-electron chi connectivity index (χ0n) is 21.0. The van der Waals surface area contributed by atoms with E-state index >= 15 is 0 Å². The summed E-state index contributed by atoms with van der Waals surface area (Å²) in [5.41, 5.74) is 3.53. The van der Waals surface area contributed by atoms with Crippen molar-refractivity contribution in [1.29, 1.82) is 0 Å². The Morgan fingerprint density at radius 2 is 1.89 bits per heavy atom. The van der Waals surface area contributed by atoms with Crippen LogP contribution >= 0.6 is 11.9 Å². The number of nitrogens with zero attached hydrogens (tertiary/aromatic N) is 4. The van der Waals surface area contributed by atoms with Crippen LogP contribution in [0.5, 0.6) is 0 Å². The summed E-state index contributed by atoms with van der Waals surface area (Å²) in [4.78, 5) is 23.3. The number of benzene rings is 1. The van der Waals surface area contributed by atoms with Crippen LogP contribution < -0.4 is 10.9 Å². The van der Waals surface area contributed by atoms with Gasteiger partial charge in [0.2, 0.25) is 5.95 Å². The van der Waals surface area contributed by atoms with Crippen molar-refractivity contribution >= 4 is 34.6 Å². The Labute approximate surface area is 211 Å². The number of pyridine rings is 1. The van der Waals surface area contributed by atoms with Crippen molar-refractivity contribution in [2.45, 2.75) is 70.2 Å². The molecule has 0 unspecified atom stereocenters. The second-order valence-electron chi connectivity index (χ2n) is 11.4. The van der Waals surface area contributed by atoms with Crippen LogP contribution in [0, 0.1) is 24.2 Å². The molecule has 1 spiro atoms. The quantitative estimate of drug-likeness (QED) is 0.408. The van der Waals surface area contributed by atoms with Gasteiger partial charge in [-0.05, 0) is 91.6 Å². The third-order valence-electron chi connectivity index (χ3n) is 8.39. The van der Waals surface area contributed by atoms with Crippen molar-refractivity contribution in [3.8, 4) is 0 Å². The van der Waals surface area contributed by atoms with Crippen LogP contribution in [0.3, 0.4) is 0 Å². The largest absolute Gasteiger partial charge is 0.324 e. The van der Waals surface area contributed by atoms with Gasteiger partial charge in [-0.1, -0.05) is 26.7 Å². The van der Waals surface area contributed by atoms with Crippen molar-refractivity contribution < 1.29 is 0 Å². The van der Waals surface area contributed by atoms with Gasteiger partial charge in [-0.25, -0.2) is 9.29 Å². The first-order chi connectivity index (χ1) is 16.9. The maximum atomic E-state index is 12.7. The first-order valence-corrected chi connectivity index (χ1v) is 13.9. The fourth-order valence-corrected chi connectivity index (χ4v) is 7.60. The van der Waals surface area contributed by atoms with E-state index in [-0.39, 0.29) is 11.6 Å². The second-order valence-corrected chi connectivity index (χ2v) is 12.5. The summed E-state index contributed by atoms with van der Waals surface area (Å²) in [5.74, 6) is 2.29. The van der Waals surface area contributed by atoms with Crippen molar-refractivity contribution in [3.05, 3.63) is 52.4 Å². The SMILES string of the molecule is Cc1cc(SN2CC3(CC(C(C)C)C3)C2)ccc1Nc1ncc2ccc(=O)n(C3CCCC3)c2n1. The van der Waals surface area contributed by atoms with Crippen molar-refractivity contribution in [2.75, 3.05) is 18.4 Å². The molecule has 1 aliphatic heterocycles. The number of aryl methyl sites for hydroxylation is 1. The lowest BCUT2D eigenvalue weighted by Crippen LogP contribution is -2.60. The molecule has 35 heavy (non-hydrogen) atoms. The van der Waals surface area contributed by atoms with Gasteiger partial charge in [0.1, 0.15) is 5.65 Å². The lowest BCUT2D eigenvalue weighted by Gasteiger charge is -2.59. The van der Waals surface area contributed by atoms with Crippen LogP contribution in [0.25, 0.3) is 11.0 Å². The second kappa shape index (κ2) is 8.93. The number of rotatable bonds is 6. The molecule has 2 saturated carbocycles. The highest BCUT2D eigenvalue weighted by Gasteiger charge is 2.52. The summed E-state index contributed by atoms with van der Waals surface area (Å²) >= 11 is 1.88. The molecule has 2 aromatic heterocycles. The Bertz CT molecular complexity index is 1300. The summed E-state index contributed by atoms with van der Waals surface area (Å²) < 4.78 is 4.39. The molecular formula is C28H35N5OS. The van der Waals surface area contributed by atoms with E-state index in [4.69, 9.17) is 4.98 Å². The molecule has 3 aromatic rings. The van der Waals surface area contributed by atoms with Gasteiger partial charge in [0, 0.05) is 47.4 Å². The summed E-state index contributed by atoms with van der Waals surface area (Å²) in [7, 11) is 0. The minimum atomic E-state index is 0.0287. The molecule has 1 N–H and O–H groups in total. The average molecular weight is 490 g/mol. The number of hydrogen-bond acceptors (Lipinski definition) is 6. The van der Waals surface area contributed by atoms with E-state index in [2.05, 4.69) is 53.6 Å². The Hall–Kier alpha value is -2.38. The standard InChI is InChI=1S/C28H35N5OS/c1-18(2)21-13-28(14-21)16-32(17-28)35-23-9-10-24(19(3)12-23)30-27-29-15-20-8-11-25(34)33(26(20)31-27)22-6-4-5-7-22/h8-12,15,18,21-22H,4-7,13-14,16-17H2,1-3H3,(H,29,30,31). The van der Waals surface area contributed by atoms with Crippen molar-refractivity contribution in [3.63, 3.8) is 0 Å². The molecule has 7 heteroatoms. The highest BCUT2D eigenvalue weighted by atomic mass is 32.2. The smallest absolute Gasteiger partial charge is 0.252 e. The van der Waals surface area contributed by atoms with E-state index in [1.807, 2.05) is 28.8 Å². The van der Waals surface area contributed by atoms with Crippen LogP contribution in [-0.4, -0.2) is 31.9 Å². The number of aromatic nitrogens is 3. The van der Waals surface area contributed by atoms with Gasteiger partial charge in [0.05, 0.1) is 0 Å². The minimum absolute atomic E-state index is 0.0287. The Kier molecular flexibility index (Phi) is 5.88. The molecule has 1 saturated heterocycles. The Balaban J connectivity index is 1.15. The predicted octanol–water partition coefficient (Wildman–Crippen LogP) is 6.33. The maximum absolute atomic E-state index is 12.7. The van der Waals surface area contributed by atoms with Crippen LogP contribution in [0.2, 0.25) is 0 Å². The lowest BCUT2D eigenvalue weighted by molar-refractivity contribution is -0.0637. The molecule has 6 rings (SSSR count). The van der Waals surface area contributed by atoms with E-state index in [9.17, 15) is 4.79 Å². The number of hydrogen-bond donors (Lipinski definition) is 1. The first-order valence-electron chi connectivity index (χ1n) is 13.1. The predicted molar refractivity (Wildman–Crippen MR) is 143 cm³/mol. The molecule has 3 heterocycles. The molecule has 6 nitrogen and oxygen atoms in total.